The van der Waals surface area contributed by atoms with Gasteiger partial charge in [0, 0.05) is 30.3 Å². The summed E-state index contributed by atoms with van der Waals surface area (Å²) in [6.07, 6.45) is 2.57. The highest BCUT2D eigenvalue weighted by Crippen LogP contribution is 2.40. The van der Waals surface area contributed by atoms with Crippen molar-refractivity contribution in [1.29, 1.82) is 0 Å². The number of nitrogens with one attached hydrogen (secondary N) is 1. The third kappa shape index (κ3) is 5.91. The topological polar surface area (TPSA) is 72.3 Å². The van der Waals surface area contributed by atoms with E-state index in [0.717, 1.165) is 16.8 Å². The van der Waals surface area contributed by atoms with Gasteiger partial charge in [-0.25, -0.2) is 4.99 Å². The number of methoxy groups -OCH3 is 1. The lowest BCUT2D eigenvalue weighted by molar-refractivity contribution is -0.173. The number of allylic oxidation sites excluding steroid dienone is 2. The summed E-state index contributed by atoms with van der Waals surface area (Å²) in [6, 6.07) is 10.5. The van der Waals surface area contributed by atoms with E-state index in [4.69, 9.17) is 14.2 Å². The van der Waals surface area contributed by atoms with Crippen LogP contribution in [-0.2, 0) is 11.2 Å². The van der Waals surface area contributed by atoms with E-state index in [9.17, 15) is 9.50 Å². The van der Waals surface area contributed by atoms with E-state index < -0.39 is 6.04 Å². The van der Waals surface area contributed by atoms with Gasteiger partial charge in [-0.05, 0) is 49.8 Å². The van der Waals surface area contributed by atoms with Gasteiger partial charge in [-0.15, -0.1) is 0 Å². The first-order valence-electron chi connectivity index (χ1n) is 10.1. The quantitative estimate of drug-likeness (QED) is 0.412. The van der Waals surface area contributed by atoms with Crippen molar-refractivity contribution in [3.8, 4) is 11.5 Å². The van der Waals surface area contributed by atoms with Gasteiger partial charge in [0.15, 0.2) is 11.5 Å². The number of hydrogen-bond donors (Lipinski definition) is 2. The Bertz CT molecular complexity index is 1090. The number of fused-ring (bicyclic) bond motifs is 1. The molecule has 3 rings (SSSR count). The van der Waals surface area contributed by atoms with E-state index >= 15 is 0 Å². The predicted molar refractivity (Wildman–Crippen MR) is 123 cm³/mol. The molecule has 0 aromatic heterocycles. The van der Waals surface area contributed by atoms with Crippen LogP contribution in [0.25, 0.3) is 5.76 Å². The molecule has 2 N–H and O–H groups in total. The molecule has 0 spiro atoms. The molecule has 32 heavy (non-hydrogen) atoms. The standard InChI is InChI=1S/C25H27FN2O4/c1-16(27-12-11-19-9-10-23-24(14-19)32-25(4,26)31-23)13-22(28-18(3)30-5)21-8-6-7-20(15-21)17(2)29/h6-10,13-15,27,29H,2-3,11-12H2,1,4-5H3/b16-13+,28-22+. The Morgan fingerprint density at radius 1 is 1.19 bits per heavy atom. The van der Waals surface area contributed by atoms with Crippen molar-refractivity contribution in [2.45, 2.75) is 26.3 Å². The van der Waals surface area contributed by atoms with Crippen LogP contribution in [0.15, 0.2) is 78.3 Å². The van der Waals surface area contributed by atoms with E-state index in [1.165, 1.54) is 14.0 Å². The zero-order valence-electron chi connectivity index (χ0n) is 18.4. The maximum absolute atomic E-state index is 13.8. The number of benzene rings is 2. The number of rotatable bonds is 9. The molecule has 1 heterocycles. The van der Waals surface area contributed by atoms with E-state index in [2.05, 4.69) is 23.5 Å². The van der Waals surface area contributed by atoms with E-state index in [-0.39, 0.29) is 11.6 Å². The third-order valence-corrected chi connectivity index (χ3v) is 4.74. The van der Waals surface area contributed by atoms with Gasteiger partial charge in [-0.2, -0.15) is 4.39 Å². The maximum Gasteiger partial charge on any atom is 0.404 e. The van der Waals surface area contributed by atoms with Gasteiger partial charge in [0.2, 0.25) is 5.88 Å². The molecule has 0 radical (unpaired) electrons. The van der Waals surface area contributed by atoms with Gasteiger partial charge >= 0.3 is 6.04 Å². The molecular weight excluding hydrogens is 411 g/mol. The van der Waals surface area contributed by atoms with Gasteiger partial charge < -0.3 is 24.6 Å². The molecule has 2 aromatic carbocycles. The lowest BCUT2D eigenvalue weighted by atomic mass is 10.0. The number of aliphatic imine (C=N–C) groups is 1. The highest BCUT2D eigenvalue weighted by molar-refractivity contribution is 6.09. The molecule has 1 aliphatic rings. The van der Waals surface area contributed by atoms with Gasteiger partial charge in [0.1, 0.15) is 5.76 Å². The van der Waals surface area contributed by atoms with Crippen LogP contribution in [0.2, 0.25) is 0 Å². The lowest BCUT2D eigenvalue weighted by Gasteiger charge is -2.11. The molecule has 168 valence electrons. The Labute approximate surface area is 187 Å². The Hall–Kier alpha value is -3.74. The van der Waals surface area contributed by atoms with Crippen molar-refractivity contribution >= 4 is 11.5 Å². The van der Waals surface area contributed by atoms with Crippen LogP contribution in [0.5, 0.6) is 11.5 Å². The first-order valence-corrected chi connectivity index (χ1v) is 10.1. The Morgan fingerprint density at radius 3 is 2.62 bits per heavy atom. The van der Waals surface area contributed by atoms with Gasteiger partial charge in [0.05, 0.1) is 12.8 Å². The average Bonchev–Trinajstić information content (AvgIpc) is 3.06. The van der Waals surface area contributed by atoms with Crippen LogP contribution in [-0.4, -0.2) is 30.5 Å². The summed E-state index contributed by atoms with van der Waals surface area (Å²) < 4.78 is 29.2. The summed E-state index contributed by atoms with van der Waals surface area (Å²) >= 11 is 0. The summed E-state index contributed by atoms with van der Waals surface area (Å²) in [5, 5.41) is 13.1. The average molecular weight is 438 g/mol. The maximum atomic E-state index is 13.8. The number of nitrogens with zero attached hydrogens (tertiary/aromatic N) is 1. The van der Waals surface area contributed by atoms with Crippen LogP contribution in [0.1, 0.15) is 30.5 Å². The van der Waals surface area contributed by atoms with Crippen LogP contribution in [0, 0.1) is 0 Å². The van der Waals surface area contributed by atoms with Gasteiger partial charge in [-0.3, -0.25) is 0 Å². The van der Waals surface area contributed by atoms with E-state index in [1.807, 2.05) is 31.2 Å². The van der Waals surface area contributed by atoms with Crippen LogP contribution in [0.3, 0.4) is 0 Å². The van der Waals surface area contributed by atoms with Crippen molar-refractivity contribution in [3.05, 3.63) is 90.0 Å². The highest BCUT2D eigenvalue weighted by atomic mass is 19.2. The second-order valence-corrected chi connectivity index (χ2v) is 7.45. The fourth-order valence-corrected chi connectivity index (χ4v) is 3.16. The van der Waals surface area contributed by atoms with E-state index in [1.54, 1.807) is 24.3 Å². The normalized spacial score (nSPS) is 17.8. The number of alkyl halides is 1. The molecule has 0 saturated carbocycles. The highest BCUT2D eigenvalue weighted by Gasteiger charge is 2.36. The van der Waals surface area contributed by atoms with Crippen LogP contribution < -0.4 is 14.8 Å². The molecule has 1 aliphatic heterocycles. The fraction of sp³-hybridized carbons (Fsp3) is 0.240. The summed E-state index contributed by atoms with van der Waals surface area (Å²) in [4.78, 5) is 4.43. The van der Waals surface area contributed by atoms with Crippen molar-refractivity contribution in [1.82, 2.24) is 5.32 Å². The van der Waals surface area contributed by atoms with Gasteiger partial charge in [-0.1, -0.05) is 30.8 Å². The molecule has 6 nitrogen and oxygen atoms in total. The number of hydrogen-bond acceptors (Lipinski definition) is 6. The van der Waals surface area contributed by atoms with Crippen LogP contribution in [0.4, 0.5) is 4.39 Å². The molecule has 0 aliphatic carbocycles. The van der Waals surface area contributed by atoms with Crippen molar-refractivity contribution in [2.24, 2.45) is 4.99 Å². The first kappa shape index (κ1) is 22.9. The Kier molecular flexibility index (Phi) is 6.88. The summed E-state index contributed by atoms with van der Waals surface area (Å²) in [7, 11) is 1.50. The van der Waals surface area contributed by atoms with Crippen molar-refractivity contribution in [2.75, 3.05) is 13.7 Å². The number of ether oxygens (including phenoxy) is 3. The number of halogens is 1. The molecule has 0 saturated heterocycles. The second kappa shape index (κ2) is 9.60. The molecule has 0 bridgehead atoms. The summed E-state index contributed by atoms with van der Waals surface area (Å²) in [5.74, 6) is 1.04. The molecule has 1 atom stereocenters. The molecule has 0 amide bonds. The first-order chi connectivity index (χ1) is 15.2. The largest absolute Gasteiger partial charge is 0.508 e. The Balaban J connectivity index is 1.70. The van der Waals surface area contributed by atoms with Crippen LogP contribution >= 0.6 is 0 Å². The molecule has 7 heteroatoms. The number of aliphatic hydroxyl groups is 1. The summed E-state index contributed by atoms with van der Waals surface area (Å²) in [6.45, 7) is 11.1. The van der Waals surface area contributed by atoms with E-state index in [0.29, 0.717) is 35.7 Å². The molecule has 1 unspecified atom stereocenters. The molecule has 2 aromatic rings. The van der Waals surface area contributed by atoms with Gasteiger partial charge in [0.25, 0.3) is 0 Å². The smallest absolute Gasteiger partial charge is 0.404 e. The molecular formula is C25H27FN2O4. The minimum atomic E-state index is -2.12. The number of aliphatic hydroxyl groups excluding tert-OH is 1. The lowest BCUT2D eigenvalue weighted by Crippen LogP contribution is -2.27. The van der Waals surface area contributed by atoms with Crippen molar-refractivity contribution in [3.63, 3.8) is 0 Å². The Morgan fingerprint density at radius 2 is 1.91 bits per heavy atom. The zero-order valence-corrected chi connectivity index (χ0v) is 18.4. The zero-order chi connectivity index (χ0) is 23.3. The minimum absolute atomic E-state index is 0.0209. The molecule has 0 fully saturated rings. The fourth-order valence-electron chi connectivity index (χ4n) is 3.16. The summed E-state index contributed by atoms with van der Waals surface area (Å²) in [5.41, 5.74) is 3.86. The minimum Gasteiger partial charge on any atom is -0.508 e. The van der Waals surface area contributed by atoms with Crippen molar-refractivity contribution < 1.29 is 23.7 Å². The predicted octanol–water partition coefficient (Wildman–Crippen LogP) is 5.27. The second-order valence-electron chi connectivity index (χ2n) is 7.45. The third-order valence-electron chi connectivity index (χ3n) is 4.74. The SMILES string of the molecule is C=C(/N=C(\C=C(/C)NCCc1ccc2c(c1)OC(C)(F)O2)c1cccc(C(=C)O)c1)OC. The monoisotopic (exact) mass is 438 g/mol.